The molecule has 1 aromatic carbocycles. The summed E-state index contributed by atoms with van der Waals surface area (Å²) in [4.78, 5) is 39.3. The highest BCUT2D eigenvalue weighted by atomic mass is 19.4. The first-order chi connectivity index (χ1) is 13.3. The van der Waals surface area contributed by atoms with Gasteiger partial charge in [-0.05, 0) is 42.2 Å². The molecule has 1 aliphatic heterocycles. The van der Waals surface area contributed by atoms with Crippen molar-refractivity contribution in [1.82, 2.24) is 4.90 Å². The van der Waals surface area contributed by atoms with Crippen molar-refractivity contribution in [2.75, 3.05) is 11.6 Å². The Hall–Kier alpha value is -2.64. The highest BCUT2D eigenvalue weighted by molar-refractivity contribution is 6.07. The Balaban J connectivity index is 1.46. The van der Waals surface area contributed by atoms with Crippen LogP contribution < -0.4 is 4.90 Å². The van der Waals surface area contributed by atoms with Crippen molar-refractivity contribution in [3.63, 3.8) is 0 Å². The van der Waals surface area contributed by atoms with E-state index in [9.17, 15) is 27.6 Å². The molecule has 146 valence electrons. The molecule has 6 rings (SSSR count). The lowest BCUT2D eigenvalue weighted by Crippen LogP contribution is -2.49. The lowest BCUT2D eigenvalue weighted by atomic mass is 9.63. The number of amides is 3. The van der Waals surface area contributed by atoms with Gasteiger partial charge in [-0.25, -0.2) is 0 Å². The number of alkyl halides is 3. The predicted octanol–water partition coefficient (Wildman–Crippen LogP) is 2.59. The van der Waals surface area contributed by atoms with Crippen LogP contribution in [0.15, 0.2) is 42.5 Å². The van der Waals surface area contributed by atoms with Crippen molar-refractivity contribution in [2.24, 2.45) is 35.5 Å². The zero-order valence-electron chi connectivity index (χ0n) is 14.7. The van der Waals surface area contributed by atoms with Gasteiger partial charge in [0.25, 0.3) is 0 Å². The number of benzene rings is 1. The van der Waals surface area contributed by atoms with E-state index in [1.807, 2.05) is 12.2 Å². The Bertz CT molecular complexity index is 862. The van der Waals surface area contributed by atoms with E-state index in [0.717, 1.165) is 11.3 Å². The van der Waals surface area contributed by atoms with Gasteiger partial charge in [0.05, 0.1) is 11.8 Å². The molecule has 0 N–H and O–H groups in total. The summed E-state index contributed by atoms with van der Waals surface area (Å²) in [6.45, 7) is -0.720. The fourth-order valence-electron chi connectivity index (χ4n) is 5.32. The van der Waals surface area contributed by atoms with Crippen molar-refractivity contribution >= 4 is 23.4 Å². The number of halogens is 3. The molecule has 2 saturated carbocycles. The van der Waals surface area contributed by atoms with Gasteiger partial charge in [0.2, 0.25) is 11.8 Å². The molecule has 1 aromatic rings. The molecule has 28 heavy (non-hydrogen) atoms. The molecule has 0 spiro atoms. The molecule has 0 radical (unpaired) electrons. The third-order valence-electron chi connectivity index (χ3n) is 6.59. The Morgan fingerprint density at radius 1 is 1.00 bits per heavy atom. The molecule has 0 unspecified atom stereocenters. The van der Waals surface area contributed by atoms with Gasteiger partial charge >= 0.3 is 12.1 Å². The summed E-state index contributed by atoms with van der Waals surface area (Å²) < 4.78 is 39.5. The number of nitrogens with zero attached hydrogens (tertiary/aromatic N) is 2. The van der Waals surface area contributed by atoms with Crippen molar-refractivity contribution < 1.29 is 27.6 Å². The number of carbonyl (C=O) groups is 3. The van der Waals surface area contributed by atoms with Crippen LogP contribution in [0.1, 0.15) is 6.42 Å². The summed E-state index contributed by atoms with van der Waals surface area (Å²) in [5.74, 6) is -3.29. The maximum Gasteiger partial charge on any atom is 0.471 e. The molecule has 3 fully saturated rings. The summed E-state index contributed by atoms with van der Waals surface area (Å²) in [6.07, 6.45) is -0.135. The number of hydrogen-bond donors (Lipinski definition) is 0. The second-order valence-corrected chi connectivity index (χ2v) is 7.97. The number of carbonyl (C=O) groups excluding carboxylic acids is 3. The van der Waals surface area contributed by atoms with E-state index < -0.39 is 42.4 Å². The van der Waals surface area contributed by atoms with Crippen LogP contribution in [0.5, 0.6) is 0 Å². The van der Waals surface area contributed by atoms with Gasteiger partial charge in [0.15, 0.2) is 0 Å². The number of hydrogen-bond acceptors (Lipinski definition) is 3. The Morgan fingerprint density at radius 3 is 2.04 bits per heavy atom. The molecule has 4 aliphatic carbocycles. The molecule has 5 aliphatic rings. The van der Waals surface area contributed by atoms with E-state index in [1.54, 1.807) is 6.07 Å². The van der Waals surface area contributed by atoms with Crippen molar-refractivity contribution in [2.45, 2.75) is 12.6 Å². The third-order valence-corrected chi connectivity index (χ3v) is 6.59. The highest BCUT2D eigenvalue weighted by Crippen LogP contribution is 2.65. The molecule has 2 bridgehead atoms. The predicted molar refractivity (Wildman–Crippen MR) is 91.4 cm³/mol. The Kier molecular flexibility index (Phi) is 3.54. The molecule has 0 aromatic heterocycles. The first-order valence-corrected chi connectivity index (χ1v) is 9.26. The van der Waals surface area contributed by atoms with Crippen molar-refractivity contribution in [3.05, 3.63) is 42.5 Å². The van der Waals surface area contributed by atoms with Crippen molar-refractivity contribution in [1.29, 1.82) is 0 Å². The molecule has 6 atom stereocenters. The van der Waals surface area contributed by atoms with Crippen LogP contribution in [0.3, 0.4) is 0 Å². The van der Waals surface area contributed by atoms with Crippen molar-refractivity contribution in [3.8, 4) is 0 Å². The van der Waals surface area contributed by atoms with Gasteiger partial charge in [-0.1, -0.05) is 30.4 Å². The lowest BCUT2D eigenvalue weighted by Gasteiger charge is -2.37. The van der Waals surface area contributed by atoms with Crippen LogP contribution in [0.4, 0.5) is 18.9 Å². The van der Waals surface area contributed by atoms with Gasteiger partial charge in [0, 0.05) is 5.69 Å². The summed E-state index contributed by atoms with van der Waals surface area (Å²) >= 11 is 0. The second kappa shape index (κ2) is 5.68. The smallest absolute Gasteiger partial charge is 0.286 e. The van der Waals surface area contributed by atoms with E-state index in [4.69, 9.17) is 0 Å². The quantitative estimate of drug-likeness (QED) is 0.589. The van der Waals surface area contributed by atoms with Crippen LogP contribution >= 0.6 is 0 Å². The molecule has 8 heteroatoms. The van der Waals surface area contributed by atoms with E-state index in [2.05, 4.69) is 0 Å². The SMILES string of the molecule is O=C1[C@@H]2[C@H]3C=C[C@@H]([C@@H]4C[C@@H]34)[C@@H]2C(=O)N1CN(C(=O)C(F)(F)F)c1ccccc1. The van der Waals surface area contributed by atoms with E-state index >= 15 is 0 Å². The van der Waals surface area contributed by atoms with Crippen LogP contribution in [0.25, 0.3) is 0 Å². The van der Waals surface area contributed by atoms with Gasteiger partial charge in [-0.15, -0.1) is 0 Å². The maximum atomic E-state index is 13.2. The van der Waals surface area contributed by atoms with E-state index in [1.165, 1.54) is 24.3 Å². The number of anilines is 1. The fourth-order valence-corrected chi connectivity index (χ4v) is 5.32. The number of likely N-dealkylation sites (tertiary alicyclic amines) is 1. The summed E-state index contributed by atoms with van der Waals surface area (Å²) in [7, 11) is 0. The minimum Gasteiger partial charge on any atom is -0.286 e. The minimum absolute atomic E-state index is 0.00996. The summed E-state index contributed by atoms with van der Waals surface area (Å²) in [5, 5.41) is 0. The maximum absolute atomic E-state index is 13.2. The van der Waals surface area contributed by atoms with Crippen LogP contribution in [0.2, 0.25) is 0 Å². The van der Waals surface area contributed by atoms with Crippen LogP contribution in [-0.2, 0) is 14.4 Å². The monoisotopic (exact) mass is 390 g/mol. The fraction of sp³-hybridized carbons (Fsp3) is 0.450. The number of allylic oxidation sites excluding steroid dienone is 2. The van der Waals surface area contributed by atoms with Gasteiger partial charge < -0.3 is 0 Å². The van der Waals surface area contributed by atoms with Gasteiger partial charge in [-0.2, -0.15) is 13.2 Å². The second-order valence-electron chi connectivity index (χ2n) is 7.97. The first kappa shape index (κ1) is 17.5. The van der Waals surface area contributed by atoms with Gasteiger partial charge in [-0.3, -0.25) is 24.2 Å². The minimum atomic E-state index is -5.11. The third kappa shape index (κ3) is 2.36. The normalized spacial score (nSPS) is 35.0. The van der Waals surface area contributed by atoms with Crippen LogP contribution in [-0.4, -0.2) is 35.5 Å². The molecular weight excluding hydrogens is 373 g/mol. The summed E-state index contributed by atoms with van der Waals surface area (Å²) in [6, 6.07) is 7.30. The Morgan fingerprint density at radius 2 is 1.54 bits per heavy atom. The number of para-hydroxylation sites is 1. The van der Waals surface area contributed by atoms with Crippen LogP contribution in [0, 0.1) is 35.5 Å². The number of imide groups is 1. The lowest BCUT2D eigenvalue weighted by molar-refractivity contribution is -0.171. The molecule has 3 amide bonds. The zero-order chi connectivity index (χ0) is 19.8. The largest absolute Gasteiger partial charge is 0.471 e. The summed E-state index contributed by atoms with van der Waals surface area (Å²) in [5.41, 5.74) is -0.00996. The standard InChI is InChI=1S/C20H17F3N2O3/c21-20(22,23)19(28)24(10-4-2-1-3-5-10)9-25-17(26)15-11-6-7-12(14-8-13(11)14)16(15)18(25)27/h1-7,11-16H,8-9H2/t11-,12-,13-,14-,15-,16+/m0/s1. The highest BCUT2D eigenvalue weighted by Gasteiger charge is 2.67. The van der Waals surface area contributed by atoms with Gasteiger partial charge in [0.1, 0.15) is 6.67 Å². The first-order valence-electron chi connectivity index (χ1n) is 9.26. The molecule has 1 heterocycles. The average molecular weight is 390 g/mol. The average Bonchev–Trinajstić information content (AvgIpc) is 3.45. The van der Waals surface area contributed by atoms with E-state index in [0.29, 0.717) is 16.7 Å². The topological polar surface area (TPSA) is 57.7 Å². The molecular formula is C20H17F3N2O3. The van der Waals surface area contributed by atoms with E-state index in [-0.39, 0.29) is 17.5 Å². The number of rotatable bonds is 3. The molecule has 1 saturated heterocycles. The Labute approximate surface area is 158 Å². The molecule has 5 nitrogen and oxygen atoms in total. The zero-order valence-corrected chi connectivity index (χ0v) is 14.7.